The molecule has 1 saturated heterocycles. The normalized spacial score (nSPS) is 15.7. The van der Waals surface area contributed by atoms with Crippen LogP contribution >= 0.6 is 11.6 Å². The van der Waals surface area contributed by atoms with Gasteiger partial charge in [-0.05, 0) is 43.0 Å². The minimum atomic E-state index is 0.685. The maximum Gasteiger partial charge on any atom is 0.0642 e. The van der Waals surface area contributed by atoms with E-state index in [2.05, 4.69) is 42.3 Å². The van der Waals surface area contributed by atoms with Crippen molar-refractivity contribution in [2.75, 3.05) is 24.5 Å². The Kier molecular flexibility index (Phi) is 4.90. The van der Waals surface area contributed by atoms with Crippen LogP contribution in [0, 0.1) is 5.92 Å². The summed E-state index contributed by atoms with van der Waals surface area (Å²) in [5.74, 6) is 0.685. The van der Waals surface area contributed by atoms with Crippen molar-refractivity contribution in [3.8, 4) is 0 Å². The second kappa shape index (κ2) is 6.44. The lowest BCUT2D eigenvalue weighted by Crippen LogP contribution is -2.20. The third-order valence-electron chi connectivity index (χ3n) is 3.34. The molecule has 1 heterocycles. The molecule has 0 unspecified atom stereocenters. The third kappa shape index (κ3) is 3.63. The van der Waals surface area contributed by atoms with Crippen molar-refractivity contribution >= 4 is 17.3 Å². The Labute approximate surface area is 115 Å². The summed E-state index contributed by atoms with van der Waals surface area (Å²) in [4.78, 5) is 2.38. The summed E-state index contributed by atoms with van der Waals surface area (Å²) in [6.45, 7) is 8.67. The van der Waals surface area contributed by atoms with Gasteiger partial charge in [0.1, 0.15) is 0 Å². The Bertz CT molecular complexity index is 384. The van der Waals surface area contributed by atoms with Crippen molar-refractivity contribution in [2.45, 2.75) is 33.2 Å². The lowest BCUT2D eigenvalue weighted by atomic mass is 10.1. The van der Waals surface area contributed by atoms with Gasteiger partial charge in [0.15, 0.2) is 0 Å². The lowest BCUT2D eigenvalue weighted by molar-refractivity contribution is 0.552. The molecule has 1 aromatic rings. The molecular formula is C15H23ClN2. The summed E-state index contributed by atoms with van der Waals surface area (Å²) in [6.07, 6.45) is 2.57. The van der Waals surface area contributed by atoms with E-state index in [1.165, 1.54) is 24.1 Å². The molecule has 1 fully saturated rings. The fraction of sp³-hybridized carbons (Fsp3) is 0.600. The zero-order chi connectivity index (χ0) is 13.0. The highest BCUT2D eigenvalue weighted by Crippen LogP contribution is 2.29. The van der Waals surface area contributed by atoms with E-state index < -0.39 is 0 Å². The number of nitrogens with one attached hydrogen (secondary N) is 1. The fourth-order valence-electron chi connectivity index (χ4n) is 2.38. The molecule has 2 rings (SSSR count). The number of anilines is 1. The molecule has 1 aliphatic rings. The number of hydrogen-bond donors (Lipinski definition) is 1. The number of halogens is 1. The highest BCUT2D eigenvalue weighted by Gasteiger charge is 2.15. The van der Waals surface area contributed by atoms with Gasteiger partial charge in [0, 0.05) is 19.6 Å². The van der Waals surface area contributed by atoms with E-state index in [-0.39, 0.29) is 0 Å². The smallest absolute Gasteiger partial charge is 0.0642 e. The fourth-order valence-corrected chi connectivity index (χ4v) is 2.70. The average molecular weight is 267 g/mol. The highest BCUT2D eigenvalue weighted by molar-refractivity contribution is 6.33. The Hall–Kier alpha value is -0.730. The molecule has 0 bridgehead atoms. The first-order valence-corrected chi connectivity index (χ1v) is 7.28. The molecule has 100 valence electrons. The Morgan fingerprint density at radius 3 is 2.61 bits per heavy atom. The first kappa shape index (κ1) is 13.7. The zero-order valence-electron chi connectivity index (χ0n) is 11.4. The van der Waals surface area contributed by atoms with Crippen molar-refractivity contribution in [1.29, 1.82) is 0 Å². The van der Waals surface area contributed by atoms with Crippen LogP contribution in [0.25, 0.3) is 0 Å². The van der Waals surface area contributed by atoms with Gasteiger partial charge in [-0.25, -0.2) is 0 Å². The molecule has 2 nitrogen and oxygen atoms in total. The summed E-state index contributed by atoms with van der Waals surface area (Å²) in [5, 5.41) is 4.33. The molecule has 0 amide bonds. The standard InChI is InChI=1S/C15H23ClN2/c1-12(2)10-17-11-13-5-6-15(14(16)9-13)18-7-3-4-8-18/h5-6,9,12,17H,3-4,7-8,10-11H2,1-2H3. The van der Waals surface area contributed by atoms with Gasteiger partial charge >= 0.3 is 0 Å². The molecule has 0 aliphatic carbocycles. The summed E-state index contributed by atoms with van der Waals surface area (Å²) >= 11 is 6.38. The predicted octanol–water partition coefficient (Wildman–Crippen LogP) is 3.69. The van der Waals surface area contributed by atoms with Gasteiger partial charge in [0.05, 0.1) is 10.7 Å². The number of nitrogens with zero attached hydrogens (tertiary/aromatic N) is 1. The molecule has 0 atom stereocenters. The van der Waals surface area contributed by atoms with Gasteiger partial charge in [-0.15, -0.1) is 0 Å². The van der Waals surface area contributed by atoms with Gasteiger partial charge in [-0.1, -0.05) is 31.5 Å². The van der Waals surface area contributed by atoms with Gasteiger partial charge in [0.25, 0.3) is 0 Å². The molecular weight excluding hydrogens is 244 g/mol. The first-order chi connectivity index (χ1) is 8.66. The minimum absolute atomic E-state index is 0.685. The summed E-state index contributed by atoms with van der Waals surface area (Å²) in [7, 11) is 0. The summed E-state index contributed by atoms with van der Waals surface area (Å²) in [6, 6.07) is 6.45. The van der Waals surface area contributed by atoms with Gasteiger partial charge in [-0.2, -0.15) is 0 Å². The van der Waals surface area contributed by atoms with Crippen molar-refractivity contribution in [3.05, 3.63) is 28.8 Å². The highest BCUT2D eigenvalue weighted by atomic mass is 35.5. The van der Waals surface area contributed by atoms with E-state index in [9.17, 15) is 0 Å². The first-order valence-electron chi connectivity index (χ1n) is 6.91. The maximum atomic E-state index is 6.38. The van der Waals surface area contributed by atoms with Crippen molar-refractivity contribution in [3.63, 3.8) is 0 Å². The van der Waals surface area contributed by atoms with Crippen molar-refractivity contribution in [2.24, 2.45) is 5.92 Å². The van der Waals surface area contributed by atoms with E-state index in [1.54, 1.807) is 0 Å². The second-order valence-electron chi connectivity index (χ2n) is 5.50. The molecule has 0 radical (unpaired) electrons. The van der Waals surface area contributed by atoms with Crippen LogP contribution in [0.5, 0.6) is 0 Å². The maximum absolute atomic E-state index is 6.38. The Balaban J connectivity index is 1.96. The monoisotopic (exact) mass is 266 g/mol. The Morgan fingerprint density at radius 2 is 2.00 bits per heavy atom. The molecule has 3 heteroatoms. The molecule has 1 aromatic carbocycles. The van der Waals surface area contributed by atoms with Crippen LogP contribution in [0.3, 0.4) is 0 Å². The van der Waals surface area contributed by atoms with E-state index in [0.717, 1.165) is 31.2 Å². The minimum Gasteiger partial charge on any atom is -0.370 e. The number of hydrogen-bond acceptors (Lipinski definition) is 2. The largest absolute Gasteiger partial charge is 0.370 e. The second-order valence-corrected chi connectivity index (χ2v) is 5.91. The molecule has 1 N–H and O–H groups in total. The van der Waals surface area contributed by atoms with Crippen LogP contribution in [0.4, 0.5) is 5.69 Å². The van der Waals surface area contributed by atoms with Gasteiger partial charge in [0.2, 0.25) is 0 Å². The molecule has 0 aromatic heterocycles. The van der Waals surface area contributed by atoms with Crippen molar-refractivity contribution in [1.82, 2.24) is 5.32 Å². The van der Waals surface area contributed by atoms with Crippen LogP contribution in [0.15, 0.2) is 18.2 Å². The topological polar surface area (TPSA) is 15.3 Å². The Morgan fingerprint density at radius 1 is 1.28 bits per heavy atom. The summed E-state index contributed by atoms with van der Waals surface area (Å²) < 4.78 is 0. The van der Waals surface area contributed by atoms with Crippen LogP contribution in [0.1, 0.15) is 32.3 Å². The molecule has 18 heavy (non-hydrogen) atoms. The van der Waals surface area contributed by atoms with Gasteiger partial charge < -0.3 is 10.2 Å². The van der Waals surface area contributed by atoms with E-state index in [1.807, 2.05) is 0 Å². The molecule has 0 saturated carbocycles. The number of benzene rings is 1. The molecule has 0 spiro atoms. The summed E-state index contributed by atoms with van der Waals surface area (Å²) in [5.41, 5.74) is 2.46. The molecule has 1 aliphatic heterocycles. The quantitative estimate of drug-likeness (QED) is 0.875. The average Bonchev–Trinajstić information content (AvgIpc) is 2.82. The van der Waals surface area contributed by atoms with E-state index >= 15 is 0 Å². The van der Waals surface area contributed by atoms with Crippen LogP contribution < -0.4 is 10.2 Å². The predicted molar refractivity (Wildman–Crippen MR) is 79.4 cm³/mol. The number of rotatable bonds is 5. The van der Waals surface area contributed by atoms with E-state index in [0.29, 0.717) is 5.92 Å². The van der Waals surface area contributed by atoms with Crippen LogP contribution in [-0.4, -0.2) is 19.6 Å². The van der Waals surface area contributed by atoms with Crippen molar-refractivity contribution < 1.29 is 0 Å². The van der Waals surface area contributed by atoms with Crippen LogP contribution in [-0.2, 0) is 6.54 Å². The third-order valence-corrected chi connectivity index (χ3v) is 3.64. The lowest BCUT2D eigenvalue weighted by Gasteiger charge is -2.19. The van der Waals surface area contributed by atoms with E-state index in [4.69, 9.17) is 11.6 Å². The zero-order valence-corrected chi connectivity index (χ0v) is 12.1. The van der Waals surface area contributed by atoms with Gasteiger partial charge in [-0.3, -0.25) is 0 Å². The SMILES string of the molecule is CC(C)CNCc1ccc(N2CCCC2)c(Cl)c1. The van der Waals surface area contributed by atoms with Crippen LogP contribution in [0.2, 0.25) is 5.02 Å².